The van der Waals surface area contributed by atoms with Crippen LogP contribution in [0.25, 0.3) is 12.2 Å². The van der Waals surface area contributed by atoms with Gasteiger partial charge in [0.1, 0.15) is 0 Å². The molecule has 0 N–H and O–H groups in total. The Kier molecular flexibility index (Phi) is 3.86. The Morgan fingerprint density at radius 3 is 2.95 bits per heavy atom. The maximum atomic E-state index is 11.4. The number of carbonyl (C=O) groups excluding carboxylic acids is 1. The molecule has 0 saturated heterocycles. The van der Waals surface area contributed by atoms with Crippen LogP contribution in [0.2, 0.25) is 0 Å². The van der Waals surface area contributed by atoms with Crippen LogP contribution >= 0.6 is 0 Å². The monoisotopic (exact) mass is 283 g/mol. The topological polar surface area (TPSA) is 52.3 Å². The normalized spacial score (nSPS) is 14.5. The van der Waals surface area contributed by atoms with E-state index in [1.54, 1.807) is 0 Å². The largest absolute Gasteiger partial charge is 0.469 e. The Hall–Kier alpha value is -2.36. The van der Waals surface area contributed by atoms with Gasteiger partial charge in [-0.2, -0.15) is 0 Å². The van der Waals surface area contributed by atoms with Gasteiger partial charge in [-0.15, -0.1) is 0 Å². The summed E-state index contributed by atoms with van der Waals surface area (Å²) >= 11 is 0. The number of benzene rings is 1. The van der Waals surface area contributed by atoms with Crippen molar-refractivity contribution in [1.29, 1.82) is 0 Å². The van der Waals surface area contributed by atoms with Gasteiger partial charge in [-0.05, 0) is 30.0 Å². The smallest absolute Gasteiger partial charge is 0.309 e. The lowest BCUT2D eigenvalue weighted by molar-refractivity contribution is -0.139. The molecule has 1 aliphatic rings. The number of aromatic nitrogens is 1. The molecule has 4 nitrogen and oxygen atoms in total. The summed E-state index contributed by atoms with van der Waals surface area (Å²) < 4.78 is 10.0. The van der Waals surface area contributed by atoms with Gasteiger partial charge in [0.2, 0.25) is 0 Å². The molecule has 1 saturated carbocycles. The minimum Gasteiger partial charge on any atom is -0.469 e. The van der Waals surface area contributed by atoms with Gasteiger partial charge in [0.05, 0.1) is 19.2 Å². The van der Waals surface area contributed by atoms with Crippen LogP contribution in [0.15, 0.2) is 34.9 Å². The molecule has 2 aromatic rings. The van der Waals surface area contributed by atoms with Crippen LogP contribution < -0.4 is 0 Å². The van der Waals surface area contributed by atoms with Gasteiger partial charge < -0.3 is 9.26 Å². The molecule has 1 aromatic heterocycles. The first-order valence-corrected chi connectivity index (χ1v) is 7.05. The van der Waals surface area contributed by atoms with Crippen molar-refractivity contribution < 1.29 is 14.1 Å². The average Bonchev–Trinajstić information content (AvgIpc) is 3.25. The van der Waals surface area contributed by atoms with Crippen molar-refractivity contribution in [1.82, 2.24) is 5.16 Å². The molecule has 0 bridgehead atoms. The molecular weight excluding hydrogens is 266 g/mol. The molecule has 0 aliphatic heterocycles. The summed E-state index contributed by atoms with van der Waals surface area (Å²) in [5.74, 6) is 1.08. The van der Waals surface area contributed by atoms with Gasteiger partial charge in [0.25, 0.3) is 0 Å². The second-order valence-corrected chi connectivity index (χ2v) is 5.21. The van der Waals surface area contributed by atoms with E-state index < -0.39 is 0 Å². The van der Waals surface area contributed by atoms with Crippen LogP contribution in [0.4, 0.5) is 0 Å². The highest BCUT2D eigenvalue weighted by Crippen LogP contribution is 2.39. The minimum absolute atomic E-state index is 0.244. The van der Waals surface area contributed by atoms with Crippen molar-refractivity contribution in [2.24, 2.45) is 0 Å². The zero-order valence-corrected chi connectivity index (χ0v) is 11.9. The molecule has 1 fully saturated rings. The highest BCUT2D eigenvalue weighted by molar-refractivity contribution is 5.76. The van der Waals surface area contributed by atoms with Crippen molar-refractivity contribution >= 4 is 18.1 Å². The highest BCUT2D eigenvalue weighted by atomic mass is 16.5. The number of rotatable bonds is 5. The van der Waals surface area contributed by atoms with E-state index in [1.807, 2.05) is 42.5 Å². The number of methoxy groups -OCH3 is 1. The number of hydrogen-bond acceptors (Lipinski definition) is 4. The molecule has 1 heterocycles. The van der Waals surface area contributed by atoms with Gasteiger partial charge in [-0.1, -0.05) is 35.5 Å². The Bertz CT molecular complexity index is 668. The van der Waals surface area contributed by atoms with Crippen LogP contribution in [0, 0.1) is 0 Å². The summed E-state index contributed by atoms with van der Waals surface area (Å²) in [4.78, 5) is 11.4. The fourth-order valence-electron chi connectivity index (χ4n) is 2.21. The van der Waals surface area contributed by atoms with Crippen molar-refractivity contribution in [2.45, 2.75) is 25.2 Å². The lowest BCUT2D eigenvalue weighted by atomic mass is 10.0. The molecule has 4 heteroatoms. The summed E-state index contributed by atoms with van der Waals surface area (Å²) in [7, 11) is 1.40. The summed E-state index contributed by atoms with van der Waals surface area (Å²) in [6.45, 7) is 0. The number of ether oxygens (including phenoxy) is 1. The molecule has 0 unspecified atom stereocenters. The second-order valence-electron chi connectivity index (χ2n) is 5.21. The van der Waals surface area contributed by atoms with E-state index in [9.17, 15) is 4.79 Å². The van der Waals surface area contributed by atoms with Gasteiger partial charge in [0, 0.05) is 12.0 Å². The Morgan fingerprint density at radius 1 is 1.38 bits per heavy atom. The number of hydrogen-bond donors (Lipinski definition) is 0. The SMILES string of the molecule is COC(=O)Cc1ccccc1/C=C/c1cc(C2CC2)no1. The van der Waals surface area contributed by atoms with Crippen molar-refractivity contribution in [2.75, 3.05) is 7.11 Å². The third-order valence-corrected chi connectivity index (χ3v) is 3.59. The zero-order chi connectivity index (χ0) is 14.7. The average molecular weight is 283 g/mol. The molecular formula is C17H17NO3. The molecule has 3 rings (SSSR count). The van der Waals surface area contributed by atoms with Crippen LogP contribution in [0.3, 0.4) is 0 Å². The third-order valence-electron chi connectivity index (χ3n) is 3.59. The molecule has 1 aromatic carbocycles. The van der Waals surface area contributed by atoms with Gasteiger partial charge in [-0.3, -0.25) is 4.79 Å². The molecule has 108 valence electrons. The third kappa shape index (κ3) is 3.40. The van der Waals surface area contributed by atoms with Gasteiger partial charge >= 0.3 is 5.97 Å². The van der Waals surface area contributed by atoms with Crippen molar-refractivity contribution in [3.63, 3.8) is 0 Å². The van der Waals surface area contributed by atoms with E-state index in [0.29, 0.717) is 5.92 Å². The maximum Gasteiger partial charge on any atom is 0.309 e. The van der Waals surface area contributed by atoms with Crippen molar-refractivity contribution in [3.8, 4) is 0 Å². The van der Waals surface area contributed by atoms with E-state index in [0.717, 1.165) is 22.6 Å². The molecule has 21 heavy (non-hydrogen) atoms. The molecule has 0 atom stereocenters. The highest BCUT2D eigenvalue weighted by Gasteiger charge is 2.26. The first kappa shape index (κ1) is 13.6. The summed E-state index contributed by atoms with van der Waals surface area (Å²) in [6, 6.07) is 9.72. The second kappa shape index (κ2) is 5.95. The molecule has 0 amide bonds. The van der Waals surface area contributed by atoms with E-state index in [2.05, 4.69) is 5.16 Å². The minimum atomic E-state index is -0.244. The predicted octanol–water partition coefficient (Wildman–Crippen LogP) is 3.44. The molecule has 0 radical (unpaired) electrons. The summed E-state index contributed by atoms with van der Waals surface area (Å²) in [5.41, 5.74) is 2.95. The predicted molar refractivity (Wildman–Crippen MR) is 79.6 cm³/mol. The zero-order valence-electron chi connectivity index (χ0n) is 11.9. The first-order valence-electron chi connectivity index (χ1n) is 7.05. The lowest BCUT2D eigenvalue weighted by Crippen LogP contribution is -2.05. The fourth-order valence-corrected chi connectivity index (χ4v) is 2.21. The Morgan fingerprint density at radius 2 is 2.19 bits per heavy atom. The van der Waals surface area contributed by atoms with E-state index in [-0.39, 0.29) is 12.4 Å². The number of nitrogens with zero attached hydrogens (tertiary/aromatic N) is 1. The van der Waals surface area contributed by atoms with Crippen LogP contribution in [-0.4, -0.2) is 18.2 Å². The van der Waals surface area contributed by atoms with Crippen LogP contribution in [0.5, 0.6) is 0 Å². The maximum absolute atomic E-state index is 11.4. The quantitative estimate of drug-likeness (QED) is 0.789. The van der Waals surface area contributed by atoms with Crippen LogP contribution in [0.1, 0.15) is 41.3 Å². The van der Waals surface area contributed by atoms with E-state index in [4.69, 9.17) is 9.26 Å². The van der Waals surface area contributed by atoms with Crippen LogP contribution in [-0.2, 0) is 16.0 Å². The van der Waals surface area contributed by atoms with E-state index in [1.165, 1.54) is 20.0 Å². The number of carbonyl (C=O) groups is 1. The molecule has 1 aliphatic carbocycles. The summed E-state index contributed by atoms with van der Waals surface area (Å²) in [6.07, 6.45) is 6.50. The Balaban J connectivity index is 1.76. The summed E-state index contributed by atoms with van der Waals surface area (Å²) in [5, 5.41) is 4.07. The molecule has 0 spiro atoms. The number of esters is 1. The van der Waals surface area contributed by atoms with Crippen molar-refractivity contribution in [3.05, 3.63) is 52.9 Å². The standard InChI is InChI=1S/C17H17NO3/c1-20-17(19)10-14-5-3-2-4-12(14)8-9-15-11-16(18-21-15)13-6-7-13/h2-5,8-9,11,13H,6-7,10H2,1H3/b9-8+. The van der Waals surface area contributed by atoms with Gasteiger partial charge in [0.15, 0.2) is 5.76 Å². The van der Waals surface area contributed by atoms with Gasteiger partial charge in [-0.25, -0.2) is 0 Å². The first-order chi connectivity index (χ1) is 10.3. The lowest BCUT2D eigenvalue weighted by Gasteiger charge is -2.04. The Labute approximate surface area is 123 Å². The fraction of sp³-hybridized carbons (Fsp3) is 0.294. The van der Waals surface area contributed by atoms with E-state index >= 15 is 0 Å².